The van der Waals surface area contributed by atoms with Crippen LogP contribution in [-0.2, 0) is 6.42 Å². The van der Waals surface area contributed by atoms with E-state index >= 15 is 0 Å². The number of urea groups is 1. The Bertz CT molecular complexity index is 502. The number of aromatic nitrogens is 2. The molecule has 0 aliphatic carbocycles. The third-order valence-electron chi connectivity index (χ3n) is 2.32. The van der Waals surface area contributed by atoms with Gasteiger partial charge in [-0.05, 0) is 24.4 Å². The summed E-state index contributed by atoms with van der Waals surface area (Å²) in [4.78, 5) is 20.7. The van der Waals surface area contributed by atoms with Crippen LogP contribution in [0, 0.1) is 0 Å². The van der Waals surface area contributed by atoms with Gasteiger partial charge in [-0.3, -0.25) is 5.43 Å². The maximum atomic E-state index is 11.6. The van der Waals surface area contributed by atoms with Gasteiger partial charge in [0, 0.05) is 29.7 Å². The molecule has 0 fully saturated rings. The number of carbonyl (C=O) groups excluding carboxylic acids is 1. The molecular formula is C12H15N5OS. The van der Waals surface area contributed by atoms with Crippen LogP contribution in [0.4, 0.5) is 10.7 Å². The van der Waals surface area contributed by atoms with Gasteiger partial charge in [-0.25, -0.2) is 20.2 Å². The van der Waals surface area contributed by atoms with Crippen LogP contribution in [0.25, 0.3) is 0 Å². The van der Waals surface area contributed by atoms with Crippen molar-refractivity contribution in [3.8, 4) is 0 Å². The largest absolute Gasteiger partial charge is 0.334 e. The Labute approximate surface area is 115 Å². The first-order chi connectivity index (χ1) is 9.24. The Morgan fingerprint density at radius 2 is 2.16 bits per heavy atom. The third-order valence-corrected chi connectivity index (χ3v) is 3.22. The van der Waals surface area contributed by atoms with Crippen LogP contribution in [0.5, 0.6) is 0 Å². The topological polar surface area (TPSA) is 78.9 Å². The number of nitrogens with zero attached hydrogens (tertiary/aromatic N) is 2. The van der Waals surface area contributed by atoms with Gasteiger partial charge in [-0.1, -0.05) is 6.07 Å². The number of hydrogen-bond donors (Lipinski definition) is 3. The van der Waals surface area contributed by atoms with Gasteiger partial charge in [0.25, 0.3) is 0 Å². The predicted octanol–water partition coefficient (Wildman–Crippen LogP) is 1.80. The highest BCUT2D eigenvalue weighted by molar-refractivity contribution is 7.09. The Hall–Kier alpha value is -2.15. The highest BCUT2D eigenvalue weighted by Gasteiger charge is 2.08. The molecule has 2 heterocycles. The summed E-state index contributed by atoms with van der Waals surface area (Å²) in [5, 5.41) is 4.85. The number of nitrogens with one attached hydrogen (secondary N) is 3. The Kier molecular flexibility index (Phi) is 4.68. The molecule has 0 aliphatic heterocycles. The van der Waals surface area contributed by atoms with Crippen molar-refractivity contribution in [2.75, 3.05) is 5.43 Å². The van der Waals surface area contributed by atoms with Crippen molar-refractivity contribution < 1.29 is 4.79 Å². The van der Waals surface area contributed by atoms with Gasteiger partial charge in [0.1, 0.15) is 0 Å². The second-order valence-electron chi connectivity index (χ2n) is 3.98. The van der Waals surface area contributed by atoms with Crippen molar-refractivity contribution in [2.24, 2.45) is 0 Å². The van der Waals surface area contributed by atoms with Crippen molar-refractivity contribution in [3.05, 3.63) is 40.8 Å². The molecule has 0 aliphatic rings. The third kappa shape index (κ3) is 4.55. The molecule has 7 heteroatoms. The van der Waals surface area contributed by atoms with Crippen molar-refractivity contribution in [1.29, 1.82) is 0 Å². The molecule has 0 radical (unpaired) electrons. The van der Waals surface area contributed by atoms with Gasteiger partial charge in [0.2, 0.25) is 5.95 Å². The Morgan fingerprint density at radius 3 is 2.84 bits per heavy atom. The van der Waals surface area contributed by atoms with E-state index in [1.54, 1.807) is 29.8 Å². The number of hydrazine groups is 1. The molecule has 2 amide bonds. The van der Waals surface area contributed by atoms with Crippen LogP contribution < -0.4 is 16.2 Å². The van der Waals surface area contributed by atoms with Gasteiger partial charge < -0.3 is 5.32 Å². The van der Waals surface area contributed by atoms with Crippen LogP contribution in [0.15, 0.2) is 36.0 Å². The molecule has 0 saturated heterocycles. The molecule has 6 nitrogen and oxygen atoms in total. The summed E-state index contributed by atoms with van der Waals surface area (Å²) in [6.07, 6.45) is 4.00. The number of anilines is 1. The minimum Gasteiger partial charge on any atom is -0.334 e. The van der Waals surface area contributed by atoms with E-state index in [2.05, 4.69) is 32.2 Å². The zero-order chi connectivity index (χ0) is 13.5. The Balaban J connectivity index is 1.72. The summed E-state index contributed by atoms with van der Waals surface area (Å²) in [6, 6.07) is 5.50. The quantitative estimate of drug-likeness (QED) is 0.728. The van der Waals surface area contributed by atoms with E-state index in [0.29, 0.717) is 5.95 Å². The maximum Gasteiger partial charge on any atom is 0.333 e. The van der Waals surface area contributed by atoms with E-state index in [-0.39, 0.29) is 12.1 Å². The van der Waals surface area contributed by atoms with Crippen LogP contribution in [0.1, 0.15) is 11.8 Å². The van der Waals surface area contributed by atoms with Crippen molar-refractivity contribution in [1.82, 2.24) is 20.7 Å². The smallest absolute Gasteiger partial charge is 0.333 e. The van der Waals surface area contributed by atoms with Crippen LogP contribution >= 0.6 is 11.3 Å². The number of thiophene rings is 1. The summed E-state index contributed by atoms with van der Waals surface area (Å²) in [5.74, 6) is 0.351. The van der Waals surface area contributed by atoms with Gasteiger partial charge >= 0.3 is 6.03 Å². The normalized spacial score (nSPS) is 11.6. The fourth-order valence-corrected chi connectivity index (χ4v) is 2.35. The summed E-state index contributed by atoms with van der Waals surface area (Å²) in [5.41, 5.74) is 5.11. The summed E-state index contributed by atoms with van der Waals surface area (Å²) in [6.45, 7) is 1.96. The van der Waals surface area contributed by atoms with E-state index in [4.69, 9.17) is 0 Å². The zero-order valence-electron chi connectivity index (χ0n) is 10.5. The molecule has 2 aromatic heterocycles. The first-order valence-corrected chi connectivity index (χ1v) is 6.74. The van der Waals surface area contributed by atoms with Gasteiger partial charge in [-0.2, -0.15) is 0 Å². The van der Waals surface area contributed by atoms with Crippen molar-refractivity contribution in [2.45, 2.75) is 19.4 Å². The maximum absolute atomic E-state index is 11.6. The van der Waals surface area contributed by atoms with E-state index < -0.39 is 0 Å². The molecule has 100 valence electrons. The first kappa shape index (κ1) is 13.3. The zero-order valence-corrected chi connectivity index (χ0v) is 11.3. The monoisotopic (exact) mass is 277 g/mol. The molecular weight excluding hydrogens is 262 g/mol. The molecule has 0 saturated carbocycles. The molecule has 0 aromatic carbocycles. The fourth-order valence-electron chi connectivity index (χ4n) is 1.52. The highest BCUT2D eigenvalue weighted by atomic mass is 32.1. The van der Waals surface area contributed by atoms with E-state index in [1.807, 2.05) is 18.4 Å². The fraction of sp³-hybridized carbons (Fsp3) is 0.250. The lowest BCUT2D eigenvalue weighted by Crippen LogP contribution is -2.44. The number of carbonyl (C=O) groups is 1. The highest BCUT2D eigenvalue weighted by Crippen LogP contribution is 2.10. The summed E-state index contributed by atoms with van der Waals surface area (Å²) >= 11 is 1.68. The molecule has 0 bridgehead atoms. The molecule has 3 N–H and O–H groups in total. The Morgan fingerprint density at radius 1 is 1.37 bits per heavy atom. The van der Waals surface area contributed by atoms with Gasteiger partial charge in [-0.15, -0.1) is 11.3 Å². The van der Waals surface area contributed by atoms with Crippen LogP contribution in [0.3, 0.4) is 0 Å². The van der Waals surface area contributed by atoms with Gasteiger partial charge in [0.05, 0.1) is 0 Å². The second-order valence-corrected chi connectivity index (χ2v) is 5.01. The summed E-state index contributed by atoms with van der Waals surface area (Å²) in [7, 11) is 0. The predicted molar refractivity (Wildman–Crippen MR) is 74.8 cm³/mol. The van der Waals surface area contributed by atoms with Crippen LogP contribution in [0.2, 0.25) is 0 Å². The number of hydrogen-bond acceptors (Lipinski definition) is 5. The second kappa shape index (κ2) is 6.69. The lowest BCUT2D eigenvalue weighted by atomic mass is 10.2. The van der Waals surface area contributed by atoms with E-state index in [0.717, 1.165) is 6.42 Å². The SMILES string of the molecule is CC(Cc1cccs1)NC(=O)NNc1ncccn1. The molecule has 0 spiro atoms. The lowest BCUT2D eigenvalue weighted by molar-refractivity contribution is 0.239. The minimum atomic E-state index is -0.309. The molecule has 1 atom stereocenters. The number of amides is 2. The molecule has 1 unspecified atom stereocenters. The summed E-state index contributed by atoms with van der Waals surface area (Å²) < 4.78 is 0. The number of rotatable bonds is 5. The van der Waals surface area contributed by atoms with E-state index in [9.17, 15) is 4.79 Å². The first-order valence-electron chi connectivity index (χ1n) is 5.86. The average Bonchev–Trinajstić information content (AvgIpc) is 2.90. The van der Waals surface area contributed by atoms with Crippen molar-refractivity contribution >= 4 is 23.3 Å². The molecule has 19 heavy (non-hydrogen) atoms. The average molecular weight is 277 g/mol. The molecule has 2 rings (SSSR count). The van der Waals surface area contributed by atoms with Gasteiger partial charge in [0.15, 0.2) is 0 Å². The standard InChI is InChI=1S/C12H15N5OS/c1-9(8-10-4-2-7-19-10)15-12(18)17-16-11-13-5-3-6-14-11/h2-7,9H,8H2,1H3,(H,13,14,16)(H2,15,17,18). The lowest BCUT2D eigenvalue weighted by Gasteiger charge is -2.14. The van der Waals surface area contributed by atoms with Crippen LogP contribution in [-0.4, -0.2) is 22.0 Å². The van der Waals surface area contributed by atoms with Crippen molar-refractivity contribution in [3.63, 3.8) is 0 Å². The van der Waals surface area contributed by atoms with E-state index in [1.165, 1.54) is 4.88 Å². The minimum absolute atomic E-state index is 0.0529. The molecule has 2 aromatic rings.